The molecule has 0 radical (unpaired) electrons. The smallest absolute Gasteiger partial charge is 0.159 e. The number of aliphatic hydroxyl groups excluding tert-OH is 1. The van der Waals surface area contributed by atoms with Gasteiger partial charge in [-0.25, -0.2) is 0 Å². The summed E-state index contributed by atoms with van der Waals surface area (Å²) in [4.78, 5) is 2.03. The van der Waals surface area contributed by atoms with Crippen molar-refractivity contribution in [1.29, 1.82) is 0 Å². The first kappa shape index (κ1) is 14.7. The van der Waals surface area contributed by atoms with Gasteiger partial charge in [0, 0.05) is 29.4 Å². The van der Waals surface area contributed by atoms with Crippen molar-refractivity contribution in [2.24, 2.45) is 0 Å². The zero-order valence-corrected chi connectivity index (χ0v) is 13.6. The quantitative estimate of drug-likeness (QED) is 0.767. The Kier molecular flexibility index (Phi) is 3.60. The first-order chi connectivity index (χ1) is 11.1. The van der Waals surface area contributed by atoms with E-state index in [1.165, 1.54) is 0 Å². The third-order valence-electron chi connectivity index (χ3n) is 4.02. The van der Waals surface area contributed by atoms with Crippen molar-refractivity contribution in [3.8, 4) is 11.3 Å². The molecule has 0 aliphatic carbocycles. The zero-order chi connectivity index (χ0) is 16.0. The average molecular weight is 346 g/mol. The van der Waals surface area contributed by atoms with Gasteiger partial charge in [-0.3, -0.25) is 0 Å². The van der Waals surface area contributed by atoms with Crippen LogP contribution >= 0.6 is 23.2 Å². The molecule has 1 aliphatic heterocycles. The fourth-order valence-corrected chi connectivity index (χ4v) is 3.11. The van der Waals surface area contributed by atoms with E-state index in [-0.39, 0.29) is 6.10 Å². The number of aliphatic hydroxyl groups is 1. The second-order valence-electron chi connectivity index (χ2n) is 5.61. The van der Waals surface area contributed by atoms with Gasteiger partial charge >= 0.3 is 0 Å². The van der Waals surface area contributed by atoms with Gasteiger partial charge in [-0.15, -0.1) is 10.2 Å². The Morgan fingerprint density at radius 1 is 0.957 bits per heavy atom. The fraction of sp³-hybridized carbons (Fsp3) is 0.176. The standard InChI is InChI=1S/C17H13Cl2N3O/c18-14-6-5-10(7-15(14)19)16-12-3-1-2-4-13(12)17(21-20-16)22-8-11(23)9-22/h1-7,11,23H,8-9H2. The molecular formula is C17H13Cl2N3O. The van der Waals surface area contributed by atoms with Gasteiger partial charge in [-0.2, -0.15) is 0 Å². The maximum atomic E-state index is 9.52. The van der Waals surface area contributed by atoms with Crippen LogP contribution in [0.15, 0.2) is 42.5 Å². The van der Waals surface area contributed by atoms with Crippen LogP contribution in [0.3, 0.4) is 0 Å². The van der Waals surface area contributed by atoms with E-state index in [0.717, 1.165) is 27.8 Å². The number of anilines is 1. The van der Waals surface area contributed by atoms with E-state index in [1.807, 2.05) is 35.2 Å². The summed E-state index contributed by atoms with van der Waals surface area (Å²) in [6, 6.07) is 13.4. The minimum Gasteiger partial charge on any atom is -0.389 e. The molecule has 0 amide bonds. The largest absolute Gasteiger partial charge is 0.389 e. The Balaban J connectivity index is 1.88. The van der Waals surface area contributed by atoms with Gasteiger partial charge in [0.05, 0.1) is 16.1 Å². The Morgan fingerprint density at radius 3 is 2.39 bits per heavy atom. The lowest BCUT2D eigenvalue weighted by Crippen LogP contribution is -2.51. The van der Waals surface area contributed by atoms with Gasteiger partial charge in [0.2, 0.25) is 0 Å². The zero-order valence-electron chi connectivity index (χ0n) is 12.1. The van der Waals surface area contributed by atoms with Crippen molar-refractivity contribution < 1.29 is 5.11 Å². The summed E-state index contributed by atoms with van der Waals surface area (Å²) in [6.07, 6.45) is -0.287. The highest BCUT2D eigenvalue weighted by atomic mass is 35.5. The lowest BCUT2D eigenvalue weighted by molar-refractivity contribution is 0.141. The number of benzene rings is 2. The van der Waals surface area contributed by atoms with Gasteiger partial charge < -0.3 is 10.0 Å². The summed E-state index contributed by atoms with van der Waals surface area (Å²) in [5, 5.41) is 21.3. The molecule has 0 saturated carbocycles. The summed E-state index contributed by atoms with van der Waals surface area (Å²) >= 11 is 12.1. The van der Waals surface area contributed by atoms with Crippen LogP contribution in [0.4, 0.5) is 5.82 Å². The van der Waals surface area contributed by atoms with E-state index in [2.05, 4.69) is 10.2 Å². The summed E-state index contributed by atoms with van der Waals surface area (Å²) in [7, 11) is 0. The third kappa shape index (κ3) is 2.53. The van der Waals surface area contributed by atoms with Gasteiger partial charge in [-0.05, 0) is 12.1 Å². The number of hydrogen-bond donors (Lipinski definition) is 1. The molecule has 2 aromatic carbocycles. The fourth-order valence-electron chi connectivity index (χ4n) is 2.81. The second kappa shape index (κ2) is 5.64. The molecule has 4 nitrogen and oxygen atoms in total. The van der Waals surface area contributed by atoms with E-state index in [9.17, 15) is 5.11 Å². The summed E-state index contributed by atoms with van der Waals surface area (Å²) < 4.78 is 0. The number of halogens is 2. The minimum absolute atomic E-state index is 0.287. The number of rotatable bonds is 2. The molecule has 1 N–H and O–H groups in total. The van der Waals surface area contributed by atoms with Crippen LogP contribution in [0.1, 0.15) is 0 Å². The topological polar surface area (TPSA) is 49.2 Å². The van der Waals surface area contributed by atoms with E-state index in [4.69, 9.17) is 23.2 Å². The molecule has 0 spiro atoms. The maximum Gasteiger partial charge on any atom is 0.159 e. The monoisotopic (exact) mass is 345 g/mol. The molecule has 3 aromatic rings. The first-order valence-corrected chi connectivity index (χ1v) is 8.03. The Hall–Kier alpha value is -1.88. The third-order valence-corrected chi connectivity index (χ3v) is 4.76. The lowest BCUT2D eigenvalue weighted by atomic mass is 10.0. The van der Waals surface area contributed by atoms with Crippen LogP contribution in [0, 0.1) is 0 Å². The molecule has 23 heavy (non-hydrogen) atoms. The highest BCUT2D eigenvalue weighted by molar-refractivity contribution is 6.42. The first-order valence-electron chi connectivity index (χ1n) is 7.27. The molecule has 0 bridgehead atoms. The normalized spacial score (nSPS) is 15.0. The Morgan fingerprint density at radius 2 is 1.70 bits per heavy atom. The SMILES string of the molecule is OC1CN(c2nnc(-c3ccc(Cl)c(Cl)c3)c3ccccc23)C1. The van der Waals surface area contributed by atoms with Gasteiger partial charge in [-0.1, -0.05) is 53.5 Å². The number of nitrogens with zero attached hydrogens (tertiary/aromatic N) is 3. The Bertz CT molecular complexity index is 894. The molecule has 2 heterocycles. The number of β-amino-alcohol motifs (C(OH)–C–C–N with tert-alkyl or cyclic N) is 1. The minimum atomic E-state index is -0.287. The van der Waals surface area contributed by atoms with Crippen molar-refractivity contribution >= 4 is 39.8 Å². The molecule has 1 aliphatic rings. The number of hydrogen-bond acceptors (Lipinski definition) is 4. The molecule has 0 atom stereocenters. The Labute approximate surface area is 143 Å². The van der Waals surface area contributed by atoms with Crippen LogP contribution in [0.2, 0.25) is 10.0 Å². The van der Waals surface area contributed by atoms with E-state index < -0.39 is 0 Å². The van der Waals surface area contributed by atoms with Crippen LogP contribution in [-0.4, -0.2) is 34.5 Å². The molecule has 1 saturated heterocycles. The number of aromatic nitrogens is 2. The highest BCUT2D eigenvalue weighted by Gasteiger charge is 2.27. The number of fused-ring (bicyclic) bond motifs is 1. The molecule has 4 rings (SSSR count). The predicted molar refractivity (Wildman–Crippen MR) is 93.2 cm³/mol. The van der Waals surface area contributed by atoms with Crippen molar-refractivity contribution in [3.63, 3.8) is 0 Å². The summed E-state index contributed by atoms with van der Waals surface area (Å²) in [5.41, 5.74) is 1.64. The molecule has 0 unspecified atom stereocenters. The summed E-state index contributed by atoms with van der Waals surface area (Å²) in [5.74, 6) is 0.801. The van der Waals surface area contributed by atoms with Crippen LogP contribution in [-0.2, 0) is 0 Å². The maximum absolute atomic E-state index is 9.52. The lowest BCUT2D eigenvalue weighted by Gasteiger charge is -2.37. The predicted octanol–water partition coefficient (Wildman–Crippen LogP) is 3.78. The highest BCUT2D eigenvalue weighted by Crippen LogP contribution is 2.35. The van der Waals surface area contributed by atoms with Gasteiger partial charge in [0.25, 0.3) is 0 Å². The van der Waals surface area contributed by atoms with Gasteiger partial charge in [0.15, 0.2) is 5.82 Å². The van der Waals surface area contributed by atoms with E-state index in [0.29, 0.717) is 23.1 Å². The van der Waals surface area contributed by atoms with Crippen molar-refractivity contribution in [1.82, 2.24) is 10.2 Å². The van der Waals surface area contributed by atoms with Crippen LogP contribution in [0.25, 0.3) is 22.0 Å². The molecule has 1 aromatic heterocycles. The van der Waals surface area contributed by atoms with Crippen molar-refractivity contribution in [2.75, 3.05) is 18.0 Å². The average Bonchev–Trinajstić information content (AvgIpc) is 2.54. The molecule has 1 fully saturated rings. The van der Waals surface area contributed by atoms with Crippen LogP contribution < -0.4 is 4.90 Å². The second-order valence-corrected chi connectivity index (χ2v) is 6.42. The molecular weight excluding hydrogens is 333 g/mol. The summed E-state index contributed by atoms with van der Waals surface area (Å²) in [6.45, 7) is 1.18. The van der Waals surface area contributed by atoms with Crippen molar-refractivity contribution in [2.45, 2.75) is 6.10 Å². The van der Waals surface area contributed by atoms with E-state index >= 15 is 0 Å². The van der Waals surface area contributed by atoms with Crippen LogP contribution in [0.5, 0.6) is 0 Å². The van der Waals surface area contributed by atoms with E-state index in [1.54, 1.807) is 12.1 Å². The van der Waals surface area contributed by atoms with Crippen molar-refractivity contribution in [3.05, 3.63) is 52.5 Å². The molecule has 6 heteroatoms. The van der Waals surface area contributed by atoms with Gasteiger partial charge in [0.1, 0.15) is 5.69 Å². The molecule has 116 valence electrons.